The second kappa shape index (κ2) is 10.2. The predicted octanol–water partition coefficient (Wildman–Crippen LogP) is 6.95. The molecule has 3 heterocycles. The summed E-state index contributed by atoms with van der Waals surface area (Å²) < 4.78 is 12.5. The Hall–Kier alpha value is -4.69. The molecule has 1 aliphatic rings. The van der Waals surface area contributed by atoms with Gasteiger partial charge in [0, 0.05) is 21.7 Å². The predicted molar refractivity (Wildman–Crippen MR) is 150 cm³/mol. The SMILES string of the molecule is O=C(C1=C(O)C(=O)N(c2ccc(OCc3ccccc3)cc2)C1c1ccccn1)c1cc2cc(Br)ccc2o1. The van der Waals surface area contributed by atoms with Crippen LogP contribution in [-0.4, -0.2) is 21.8 Å². The summed E-state index contributed by atoms with van der Waals surface area (Å²) in [7, 11) is 0. The molecule has 0 saturated heterocycles. The molecule has 1 N–H and O–H groups in total. The third-order valence-electron chi connectivity index (χ3n) is 6.49. The molecule has 0 aliphatic carbocycles. The van der Waals surface area contributed by atoms with Crippen molar-refractivity contribution in [1.82, 2.24) is 4.98 Å². The fourth-order valence-electron chi connectivity index (χ4n) is 4.62. The summed E-state index contributed by atoms with van der Waals surface area (Å²) in [5.74, 6) is -1.29. The van der Waals surface area contributed by atoms with Crippen LogP contribution in [0, 0.1) is 0 Å². The molecule has 6 rings (SSSR count). The van der Waals surface area contributed by atoms with Crippen LogP contribution in [0.4, 0.5) is 5.69 Å². The third kappa shape index (κ3) is 4.70. The molecule has 3 aromatic carbocycles. The summed E-state index contributed by atoms with van der Waals surface area (Å²) in [6, 6.07) is 27.9. The van der Waals surface area contributed by atoms with Gasteiger partial charge in [-0.25, -0.2) is 0 Å². The summed E-state index contributed by atoms with van der Waals surface area (Å²) in [5, 5.41) is 11.7. The first-order valence-corrected chi connectivity index (χ1v) is 13.0. The molecule has 1 atom stereocenters. The molecule has 5 aromatic rings. The lowest BCUT2D eigenvalue weighted by Crippen LogP contribution is -2.31. The van der Waals surface area contributed by atoms with Crippen molar-refractivity contribution in [2.24, 2.45) is 0 Å². The third-order valence-corrected chi connectivity index (χ3v) is 6.98. The lowest BCUT2D eigenvalue weighted by Gasteiger charge is -2.26. The topological polar surface area (TPSA) is 92.9 Å². The van der Waals surface area contributed by atoms with E-state index in [1.54, 1.807) is 60.8 Å². The number of nitrogens with zero attached hydrogens (tertiary/aromatic N) is 2. The van der Waals surface area contributed by atoms with Crippen molar-refractivity contribution in [1.29, 1.82) is 0 Å². The van der Waals surface area contributed by atoms with Gasteiger partial charge in [-0.2, -0.15) is 0 Å². The number of aromatic nitrogens is 1. The molecule has 7 nitrogen and oxygen atoms in total. The molecule has 1 amide bonds. The molecule has 0 spiro atoms. The molecule has 0 bridgehead atoms. The number of carbonyl (C=O) groups excluding carboxylic acids is 2. The van der Waals surface area contributed by atoms with E-state index in [1.807, 2.05) is 42.5 Å². The van der Waals surface area contributed by atoms with Gasteiger partial charge >= 0.3 is 0 Å². The van der Waals surface area contributed by atoms with Crippen LogP contribution in [0.25, 0.3) is 11.0 Å². The number of ketones is 1. The summed E-state index contributed by atoms with van der Waals surface area (Å²) in [5.41, 5.74) is 2.36. The van der Waals surface area contributed by atoms with Gasteiger partial charge in [0.05, 0.1) is 11.3 Å². The minimum atomic E-state index is -0.956. The molecule has 2 aromatic heterocycles. The van der Waals surface area contributed by atoms with Crippen molar-refractivity contribution >= 4 is 44.3 Å². The minimum absolute atomic E-state index is 0.0184. The van der Waals surface area contributed by atoms with Crippen molar-refractivity contribution in [3.8, 4) is 5.75 Å². The van der Waals surface area contributed by atoms with Gasteiger partial charge in [0.25, 0.3) is 5.91 Å². The summed E-state index contributed by atoms with van der Waals surface area (Å²) in [4.78, 5) is 32.9. The van der Waals surface area contributed by atoms with Crippen molar-refractivity contribution in [3.63, 3.8) is 0 Å². The van der Waals surface area contributed by atoms with Gasteiger partial charge in [-0.05, 0) is 66.2 Å². The van der Waals surface area contributed by atoms with Crippen molar-refractivity contribution in [2.45, 2.75) is 12.6 Å². The Bertz CT molecular complexity index is 1710. The van der Waals surface area contributed by atoms with Crippen LogP contribution in [-0.2, 0) is 11.4 Å². The molecule has 0 saturated carbocycles. The number of benzene rings is 3. The number of aliphatic hydroxyl groups is 1. The highest BCUT2D eigenvalue weighted by Gasteiger charge is 2.46. The number of hydrogen-bond donors (Lipinski definition) is 1. The van der Waals surface area contributed by atoms with Gasteiger partial charge in [-0.15, -0.1) is 0 Å². The standard InChI is InChI=1S/C31H21BrN2O5/c32-21-9-14-25-20(16-21)17-26(39-25)29(35)27-28(24-8-4-5-15-33-24)34(31(37)30(27)36)22-10-12-23(13-11-22)38-18-19-6-2-1-3-7-19/h1-17,28,36H,18H2. The molecular weight excluding hydrogens is 560 g/mol. The van der Waals surface area contributed by atoms with E-state index < -0.39 is 23.5 Å². The number of carbonyl (C=O) groups is 2. The van der Waals surface area contributed by atoms with Crippen molar-refractivity contribution < 1.29 is 23.8 Å². The number of aliphatic hydroxyl groups excluding tert-OH is 1. The van der Waals surface area contributed by atoms with E-state index in [9.17, 15) is 14.7 Å². The lowest BCUT2D eigenvalue weighted by molar-refractivity contribution is -0.117. The van der Waals surface area contributed by atoms with Gasteiger partial charge < -0.3 is 14.3 Å². The van der Waals surface area contributed by atoms with Crippen LogP contribution in [0.15, 0.2) is 123 Å². The number of furan rings is 1. The largest absolute Gasteiger partial charge is 0.503 e. The van der Waals surface area contributed by atoms with E-state index in [2.05, 4.69) is 20.9 Å². The first-order chi connectivity index (χ1) is 19.0. The zero-order chi connectivity index (χ0) is 26.9. The summed E-state index contributed by atoms with van der Waals surface area (Å²) in [6.45, 7) is 0.397. The zero-order valence-electron chi connectivity index (χ0n) is 20.5. The van der Waals surface area contributed by atoms with Gasteiger partial charge in [-0.1, -0.05) is 52.3 Å². The van der Waals surface area contributed by atoms with Crippen LogP contribution >= 0.6 is 15.9 Å². The van der Waals surface area contributed by atoms with Crippen LogP contribution in [0.5, 0.6) is 5.75 Å². The first kappa shape index (κ1) is 24.6. The van der Waals surface area contributed by atoms with E-state index in [4.69, 9.17) is 9.15 Å². The number of amides is 1. The molecule has 39 heavy (non-hydrogen) atoms. The summed E-state index contributed by atoms with van der Waals surface area (Å²) in [6.07, 6.45) is 1.58. The average Bonchev–Trinajstić information content (AvgIpc) is 3.51. The van der Waals surface area contributed by atoms with Gasteiger partial charge in [0.15, 0.2) is 11.5 Å². The summed E-state index contributed by atoms with van der Waals surface area (Å²) >= 11 is 3.42. The van der Waals surface area contributed by atoms with Crippen LogP contribution < -0.4 is 9.64 Å². The van der Waals surface area contributed by atoms with Crippen LogP contribution in [0.1, 0.15) is 27.9 Å². The Morgan fingerprint density at radius 3 is 2.49 bits per heavy atom. The molecule has 0 radical (unpaired) electrons. The highest BCUT2D eigenvalue weighted by Crippen LogP contribution is 2.42. The monoisotopic (exact) mass is 580 g/mol. The smallest absolute Gasteiger partial charge is 0.294 e. The van der Waals surface area contributed by atoms with Crippen molar-refractivity contribution in [3.05, 3.63) is 136 Å². The molecular formula is C31H21BrN2O5. The number of pyridine rings is 1. The van der Waals surface area contributed by atoms with Gasteiger partial charge in [0.2, 0.25) is 5.78 Å². The molecule has 8 heteroatoms. The Balaban J connectivity index is 1.34. The second-order valence-electron chi connectivity index (χ2n) is 8.98. The number of hydrogen-bond acceptors (Lipinski definition) is 6. The minimum Gasteiger partial charge on any atom is -0.503 e. The highest BCUT2D eigenvalue weighted by atomic mass is 79.9. The van der Waals surface area contributed by atoms with E-state index in [-0.39, 0.29) is 11.3 Å². The molecule has 1 unspecified atom stereocenters. The maximum atomic E-state index is 13.7. The first-order valence-electron chi connectivity index (χ1n) is 12.2. The quantitative estimate of drug-likeness (QED) is 0.209. The highest BCUT2D eigenvalue weighted by molar-refractivity contribution is 9.10. The number of rotatable bonds is 7. The number of anilines is 1. The zero-order valence-corrected chi connectivity index (χ0v) is 22.0. The molecule has 192 valence electrons. The van der Waals surface area contributed by atoms with Crippen molar-refractivity contribution in [2.75, 3.05) is 4.90 Å². The van der Waals surface area contributed by atoms with Crippen LogP contribution in [0.2, 0.25) is 0 Å². The van der Waals surface area contributed by atoms with E-state index in [0.29, 0.717) is 29.3 Å². The van der Waals surface area contributed by atoms with E-state index >= 15 is 0 Å². The van der Waals surface area contributed by atoms with Crippen LogP contribution in [0.3, 0.4) is 0 Å². The average molecular weight is 581 g/mol. The Labute approximate surface area is 232 Å². The fourth-order valence-corrected chi connectivity index (χ4v) is 5.00. The number of ether oxygens (including phenoxy) is 1. The van der Waals surface area contributed by atoms with E-state index in [0.717, 1.165) is 15.4 Å². The Morgan fingerprint density at radius 1 is 0.974 bits per heavy atom. The van der Waals surface area contributed by atoms with Gasteiger partial charge in [0.1, 0.15) is 24.0 Å². The molecule has 0 fully saturated rings. The maximum Gasteiger partial charge on any atom is 0.294 e. The second-order valence-corrected chi connectivity index (χ2v) is 9.90. The maximum absolute atomic E-state index is 13.7. The Kier molecular flexibility index (Phi) is 6.46. The number of Topliss-reactive ketones (excluding diaryl/α,β-unsaturated/α-hetero) is 1. The van der Waals surface area contributed by atoms with E-state index in [1.165, 1.54) is 4.90 Å². The normalized spacial score (nSPS) is 15.3. The Morgan fingerprint density at radius 2 is 1.74 bits per heavy atom. The number of fused-ring (bicyclic) bond motifs is 1. The van der Waals surface area contributed by atoms with Gasteiger partial charge in [-0.3, -0.25) is 19.5 Å². The number of halogens is 1. The molecule has 1 aliphatic heterocycles. The lowest BCUT2D eigenvalue weighted by atomic mass is 9.98. The fraction of sp³-hybridized carbons (Fsp3) is 0.0645.